The van der Waals surface area contributed by atoms with Gasteiger partial charge in [0.1, 0.15) is 5.75 Å². The molecular weight excluding hydrogens is 438 g/mol. The van der Waals surface area contributed by atoms with Crippen molar-refractivity contribution in [2.75, 3.05) is 30.9 Å². The quantitative estimate of drug-likeness (QED) is 0.301. The fourth-order valence-electron chi connectivity index (χ4n) is 4.32. The molecule has 4 nitrogen and oxygen atoms in total. The van der Waals surface area contributed by atoms with Gasteiger partial charge in [-0.1, -0.05) is 38.8 Å². The number of nitrogens with zero attached hydrogens (tertiary/aromatic N) is 2. The van der Waals surface area contributed by atoms with Crippen molar-refractivity contribution in [3.8, 4) is 5.75 Å². The molecular formula is C29H37N3OS. The van der Waals surface area contributed by atoms with Crippen molar-refractivity contribution in [1.82, 2.24) is 4.98 Å². The molecule has 0 spiro atoms. The number of hydrogen-bond acceptors (Lipinski definition) is 5. The fraction of sp³-hybridized carbons (Fsp3) is 0.414. The van der Waals surface area contributed by atoms with Gasteiger partial charge in [0.25, 0.3) is 0 Å². The first kappa shape index (κ1) is 24.3. The van der Waals surface area contributed by atoms with Gasteiger partial charge >= 0.3 is 0 Å². The number of allylic oxidation sites excluding steroid dienone is 3. The molecule has 2 aromatic carbocycles. The third-order valence-electron chi connectivity index (χ3n) is 6.68. The average Bonchev–Trinajstić information content (AvgIpc) is 3.26. The molecule has 1 aromatic heterocycles. The average molecular weight is 476 g/mol. The number of thiazole rings is 1. The number of rotatable bonds is 10. The normalized spacial score (nSPS) is 15.5. The van der Waals surface area contributed by atoms with Crippen molar-refractivity contribution in [2.24, 2.45) is 5.41 Å². The SMILES string of the molecule is CCC/C=C/C=C(/Nc1ccc2scnc2c1)c1cc(N(C)C)c(OCC2(C)CCC2)cc1C. The second-order valence-electron chi connectivity index (χ2n) is 9.94. The highest BCUT2D eigenvalue weighted by Crippen LogP contribution is 2.42. The van der Waals surface area contributed by atoms with Crippen LogP contribution < -0.4 is 15.0 Å². The second-order valence-corrected chi connectivity index (χ2v) is 10.8. The Morgan fingerprint density at radius 2 is 2.06 bits per heavy atom. The first-order valence-electron chi connectivity index (χ1n) is 12.3. The van der Waals surface area contributed by atoms with Crippen molar-refractivity contribution in [1.29, 1.82) is 0 Å². The largest absolute Gasteiger partial charge is 0.491 e. The van der Waals surface area contributed by atoms with Crippen LogP contribution in [0.4, 0.5) is 11.4 Å². The van der Waals surface area contributed by atoms with E-state index in [1.807, 2.05) is 5.51 Å². The molecule has 1 heterocycles. The van der Waals surface area contributed by atoms with Crippen LogP contribution in [0, 0.1) is 12.3 Å². The molecule has 1 aliphatic rings. The maximum absolute atomic E-state index is 6.39. The van der Waals surface area contributed by atoms with Crippen LogP contribution in [0.1, 0.15) is 57.1 Å². The number of aryl methyl sites for hydroxylation is 1. The van der Waals surface area contributed by atoms with E-state index in [4.69, 9.17) is 4.74 Å². The summed E-state index contributed by atoms with van der Waals surface area (Å²) in [6.45, 7) is 7.48. The zero-order valence-corrected chi connectivity index (χ0v) is 22.0. The predicted molar refractivity (Wildman–Crippen MR) is 148 cm³/mol. The van der Waals surface area contributed by atoms with Gasteiger partial charge in [-0.05, 0) is 68.2 Å². The van der Waals surface area contributed by atoms with Crippen molar-refractivity contribution < 1.29 is 4.74 Å². The predicted octanol–water partition coefficient (Wildman–Crippen LogP) is 8.05. The molecule has 1 saturated carbocycles. The minimum Gasteiger partial charge on any atom is -0.491 e. The molecule has 0 atom stereocenters. The summed E-state index contributed by atoms with van der Waals surface area (Å²) in [5.74, 6) is 0.962. The molecule has 0 radical (unpaired) electrons. The lowest BCUT2D eigenvalue weighted by molar-refractivity contribution is 0.0778. The highest BCUT2D eigenvalue weighted by Gasteiger charge is 2.32. The molecule has 180 valence electrons. The van der Waals surface area contributed by atoms with Gasteiger partial charge in [-0.15, -0.1) is 11.3 Å². The van der Waals surface area contributed by atoms with Crippen molar-refractivity contribution in [3.63, 3.8) is 0 Å². The van der Waals surface area contributed by atoms with Crippen LogP contribution in [0.2, 0.25) is 0 Å². The Morgan fingerprint density at radius 3 is 2.76 bits per heavy atom. The number of nitrogens with one attached hydrogen (secondary N) is 1. The molecule has 3 aromatic rings. The van der Waals surface area contributed by atoms with Crippen LogP contribution in [-0.2, 0) is 0 Å². The third kappa shape index (κ3) is 5.64. The van der Waals surface area contributed by atoms with Crippen LogP contribution in [0.3, 0.4) is 0 Å². The lowest BCUT2D eigenvalue weighted by atomic mass is 9.71. The van der Waals surface area contributed by atoms with E-state index < -0.39 is 0 Å². The molecule has 1 fully saturated rings. The van der Waals surface area contributed by atoms with Gasteiger partial charge in [0.2, 0.25) is 0 Å². The molecule has 0 aliphatic heterocycles. The van der Waals surface area contributed by atoms with E-state index in [1.165, 1.54) is 35.1 Å². The van der Waals surface area contributed by atoms with Crippen molar-refractivity contribution in [2.45, 2.75) is 52.9 Å². The van der Waals surface area contributed by atoms with Crippen LogP contribution in [0.15, 0.2) is 54.1 Å². The summed E-state index contributed by atoms with van der Waals surface area (Å²) in [7, 11) is 4.17. The Balaban J connectivity index is 1.67. The molecule has 0 unspecified atom stereocenters. The molecule has 34 heavy (non-hydrogen) atoms. The number of fused-ring (bicyclic) bond motifs is 1. The summed E-state index contributed by atoms with van der Waals surface area (Å²) in [5, 5.41) is 3.67. The van der Waals surface area contributed by atoms with E-state index in [-0.39, 0.29) is 0 Å². The molecule has 1 N–H and O–H groups in total. The lowest BCUT2D eigenvalue weighted by Gasteiger charge is -2.38. The standard InChI is InChI=1S/C29H37N3OS/c1-6-7-8-9-11-24(31-22-12-13-28-25(17-22)30-20-34-28)23-18-26(32(4)5)27(16-21(23)2)33-19-29(3)14-10-15-29/h8-9,11-13,16-18,20,31H,6-7,10,14-15,19H2,1-5H3/b9-8+,24-11+. The third-order valence-corrected chi connectivity index (χ3v) is 7.49. The number of anilines is 2. The number of aromatic nitrogens is 1. The van der Waals surface area contributed by atoms with E-state index in [2.05, 4.69) is 98.6 Å². The minimum absolute atomic E-state index is 0.321. The number of hydrogen-bond donors (Lipinski definition) is 1. The van der Waals surface area contributed by atoms with Crippen LogP contribution >= 0.6 is 11.3 Å². The van der Waals surface area contributed by atoms with E-state index in [1.54, 1.807) is 11.3 Å². The smallest absolute Gasteiger partial charge is 0.142 e. The Labute approximate surface area is 208 Å². The van der Waals surface area contributed by atoms with Gasteiger partial charge in [-0.3, -0.25) is 0 Å². The lowest BCUT2D eigenvalue weighted by Crippen LogP contribution is -2.32. The molecule has 1 aliphatic carbocycles. The topological polar surface area (TPSA) is 37.4 Å². The highest BCUT2D eigenvalue weighted by molar-refractivity contribution is 7.16. The minimum atomic E-state index is 0.321. The molecule has 5 heteroatoms. The Bertz CT molecular complexity index is 1190. The Kier molecular flexibility index (Phi) is 7.62. The van der Waals surface area contributed by atoms with Crippen LogP contribution in [0.5, 0.6) is 5.75 Å². The maximum atomic E-state index is 6.39. The first-order valence-corrected chi connectivity index (χ1v) is 13.2. The van der Waals surface area contributed by atoms with Crippen LogP contribution in [0.25, 0.3) is 15.9 Å². The summed E-state index contributed by atoms with van der Waals surface area (Å²) < 4.78 is 7.59. The van der Waals surface area contributed by atoms with Crippen molar-refractivity contribution >= 4 is 38.6 Å². The van der Waals surface area contributed by atoms with E-state index in [0.717, 1.165) is 47.8 Å². The number of benzene rings is 2. The van der Waals surface area contributed by atoms with Crippen molar-refractivity contribution in [3.05, 3.63) is 65.2 Å². The van der Waals surface area contributed by atoms with E-state index in [0.29, 0.717) is 5.41 Å². The van der Waals surface area contributed by atoms with Gasteiger partial charge in [0, 0.05) is 36.5 Å². The summed E-state index contributed by atoms with van der Waals surface area (Å²) in [6, 6.07) is 10.8. The van der Waals surface area contributed by atoms with Gasteiger partial charge in [0.15, 0.2) is 0 Å². The molecule has 0 amide bonds. The molecule has 0 saturated heterocycles. The number of unbranched alkanes of at least 4 members (excludes halogenated alkanes) is 1. The number of ether oxygens (including phenoxy) is 1. The van der Waals surface area contributed by atoms with E-state index in [9.17, 15) is 0 Å². The maximum Gasteiger partial charge on any atom is 0.142 e. The van der Waals surface area contributed by atoms with Crippen LogP contribution in [-0.4, -0.2) is 25.7 Å². The summed E-state index contributed by atoms with van der Waals surface area (Å²) in [6.07, 6.45) is 12.6. The summed E-state index contributed by atoms with van der Waals surface area (Å²) in [5.41, 5.74) is 8.81. The van der Waals surface area contributed by atoms with Gasteiger partial charge in [-0.2, -0.15) is 0 Å². The highest BCUT2D eigenvalue weighted by atomic mass is 32.1. The molecule has 0 bridgehead atoms. The monoisotopic (exact) mass is 475 g/mol. The van der Waals surface area contributed by atoms with Gasteiger partial charge in [-0.25, -0.2) is 4.98 Å². The van der Waals surface area contributed by atoms with Gasteiger partial charge < -0.3 is 15.0 Å². The summed E-state index contributed by atoms with van der Waals surface area (Å²) in [4.78, 5) is 6.63. The van der Waals surface area contributed by atoms with E-state index >= 15 is 0 Å². The Morgan fingerprint density at radius 1 is 1.24 bits per heavy atom. The molecule has 4 rings (SSSR count). The summed E-state index contributed by atoms with van der Waals surface area (Å²) >= 11 is 1.67. The zero-order chi connectivity index (χ0) is 24.1. The van der Waals surface area contributed by atoms with Gasteiger partial charge in [0.05, 0.1) is 28.0 Å². The first-order chi connectivity index (χ1) is 16.4. The zero-order valence-electron chi connectivity index (χ0n) is 21.1. The fourth-order valence-corrected chi connectivity index (χ4v) is 4.98. The second kappa shape index (κ2) is 10.6. The Hall–Kier alpha value is -2.79.